The summed E-state index contributed by atoms with van der Waals surface area (Å²) < 4.78 is 43.0. The van der Waals surface area contributed by atoms with E-state index in [1.807, 2.05) is 29.9 Å². The Bertz CT molecular complexity index is 847. The van der Waals surface area contributed by atoms with E-state index < -0.39 is 15.8 Å². The van der Waals surface area contributed by atoms with Crippen LogP contribution in [0, 0.1) is 5.82 Å². The Labute approximate surface area is 152 Å². The van der Waals surface area contributed by atoms with Gasteiger partial charge < -0.3 is 4.57 Å². The lowest BCUT2D eigenvalue weighted by atomic mass is 10.2. The molecule has 136 valence electrons. The average molecular weight is 386 g/mol. The zero-order valence-corrected chi connectivity index (χ0v) is 15.5. The van der Waals surface area contributed by atoms with Crippen molar-refractivity contribution in [3.8, 4) is 0 Å². The average Bonchev–Trinajstić information content (AvgIpc) is 3.23. The quantitative estimate of drug-likeness (QED) is 0.831. The highest BCUT2D eigenvalue weighted by Crippen LogP contribution is 2.26. The summed E-state index contributed by atoms with van der Waals surface area (Å²) in [5.41, 5.74) is 1.06. The zero-order valence-electron chi connectivity index (χ0n) is 14.0. The lowest BCUT2D eigenvalue weighted by molar-refractivity contribution is 0.238. The molecule has 1 atom stereocenters. The molecule has 0 saturated carbocycles. The van der Waals surface area contributed by atoms with Gasteiger partial charge in [0.2, 0.25) is 10.0 Å². The number of halogens is 2. The number of likely N-dealkylation sites (tertiary alicyclic amines) is 1. The van der Waals surface area contributed by atoms with E-state index in [9.17, 15) is 12.8 Å². The van der Waals surface area contributed by atoms with E-state index in [1.165, 1.54) is 6.07 Å². The number of sulfonamides is 1. The molecule has 0 spiro atoms. The summed E-state index contributed by atoms with van der Waals surface area (Å²) >= 11 is 5.71. The van der Waals surface area contributed by atoms with Crippen molar-refractivity contribution in [2.75, 3.05) is 19.6 Å². The molecule has 25 heavy (non-hydrogen) atoms. The van der Waals surface area contributed by atoms with Crippen molar-refractivity contribution in [2.24, 2.45) is 7.05 Å². The maximum Gasteiger partial charge on any atom is 0.240 e. The molecule has 1 aliphatic heterocycles. The summed E-state index contributed by atoms with van der Waals surface area (Å²) in [4.78, 5) is 2.25. The van der Waals surface area contributed by atoms with Crippen LogP contribution in [0.5, 0.6) is 0 Å². The largest absolute Gasteiger partial charge is 0.353 e. The van der Waals surface area contributed by atoms with E-state index in [-0.39, 0.29) is 22.5 Å². The van der Waals surface area contributed by atoms with Crippen LogP contribution in [-0.4, -0.2) is 37.5 Å². The van der Waals surface area contributed by atoms with Gasteiger partial charge >= 0.3 is 0 Å². The summed E-state index contributed by atoms with van der Waals surface area (Å²) in [5.74, 6) is -0.639. The van der Waals surface area contributed by atoms with E-state index >= 15 is 0 Å². The van der Waals surface area contributed by atoms with E-state index in [4.69, 9.17) is 11.6 Å². The molecule has 1 N–H and O–H groups in total. The summed E-state index contributed by atoms with van der Waals surface area (Å²) in [7, 11) is -1.81. The van der Waals surface area contributed by atoms with Crippen LogP contribution in [0.4, 0.5) is 4.39 Å². The second-order valence-electron chi connectivity index (χ2n) is 6.23. The Kier molecular flexibility index (Phi) is 5.48. The first kappa shape index (κ1) is 18.4. The van der Waals surface area contributed by atoms with Crippen LogP contribution in [0.3, 0.4) is 0 Å². The van der Waals surface area contributed by atoms with Crippen LogP contribution < -0.4 is 4.72 Å². The van der Waals surface area contributed by atoms with Crippen molar-refractivity contribution in [3.05, 3.63) is 53.1 Å². The van der Waals surface area contributed by atoms with Crippen molar-refractivity contribution in [2.45, 2.75) is 23.8 Å². The van der Waals surface area contributed by atoms with Gasteiger partial charge in [0.1, 0.15) is 5.82 Å². The third-order valence-electron chi connectivity index (χ3n) is 4.57. The molecule has 1 aliphatic rings. The maximum atomic E-state index is 13.3. The smallest absolute Gasteiger partial charge is 0.240 e. The Morgan fingerprint density at radius 2 is 2.00 bits per heavy atom. The molecular weight excluding hydrogens is 365 g/mol. The topological polar surface area (TPSA) is 54.3 Å². The second kappa shape index (κ2) is 7.45. The SMILES string of the molecule is Cn1cccc1C(CNS(=O)(=O)c1ccc(F)c(Cl)c1)N1CCCC1. The van der Waals surface area contributed by atoms with Crippen LogP contribution >= 0.6 is 11.6 Å². The molecule has 0 bridgehead atoms. The predicted octanol–water partition coefficient (Wildman–Crippen LogP) is 2.93. The molecule has 8 heteroatoms. The van der Waals surface area contributed by atoms with Gasteiger partial charge in [-0.3, -0.25) is 4.90 Å². The first-order chi connectivity index (χ1) is 11.9. The number of benzene rings is 1. The third kappa shape index (κ3) is 4.06. The summed E-state index contributed by atoms with van der Waals surface area (Å²) in [6.07, 6.45) is 4.18. The number of hydrogen-bond donors (Lipinski definition) is 1. The minimum atomic E-state index is -3.77. The molecule has 0 aliphatic carbocycles. The molecule has 1 aromatic carbocycles. The fourth-order valence-electron chi connectivity index (χ4n) is 3.21. The van der Waals surface area contributed by atoms with Crippen LogP contribution in [-0.2, 0) is 17.1 Å². The Morgan fingerprint density at radius 1 is 1.28 bits per heavy atom. The maximum absolute atomic E-state index is 13.3. The molecule has 3 rings (SSSR count). The Balaban J connectivity index is 1.80. The second-order valence-corrected chi connectivity index (χ2v) is 8.40. The van der Waals surface area contributed by atoms with E-state index in [0.29, 0.717) is 0 Å². The number of aryl methyl sites for hydroxylation is 1. The Hall–Kier alpha value is -1.41. The van der Waals surface area contributed by atoms with Gasteiger partial charge in [0, 0.05) is 25.5 Å². The van der Waals surface area contributed by atoms with E-state index in [2.05, 4.69) is 9.62 Å². The fourth-order valence-corrected chi connectivity index (χ4v) is 4.52. The van der Waals surface area contributed by atoms with Gasteiger partial charge in [0.25, 0.3) is 0 Å². The molecule has 2 aromatic rings. The number of rotatable bonds is 6. The highest BCUT2D eigenvalue weighted by Gasteiger charge is 2.27. The fraction of sp³-hybridized carbons (Fsp3) is 0.412. The minimum absolute atomic E-state index is 0.0362. The number of hydrogen-bond acceptors (Lipinski definition) is 3. The third-order valence-corrected chi connectivity index (χ3v) is 6.29. The van der Waals surface area contributed by atoms with Crippen LogP contribution in [0.25, 0.3) is 0 Å². The number of aromatic nitrogens is 1. The van der Waals surface area contributed by atoms with Crippen LogP contribution in [0.1, 0.15) is 24.6 Å². The summed E-state index contributed by atoms with van der Waals surface area (Å²) in [5, 5.41) is -0.207. The number of nitrogens with one attached hydrogen (secondary N) is 1. The highest BCUT2D eigenvalue weighted by molar-refractivity contribution is 7.89. The monoisotopic (exact) mass is 385 g/mol. The van der Waals surface area contributed by atoms with Crippen molar-refractivity contribution < 1.29 is 12.8 Å². The van der Waals surface area contributed by atoms with Crippen LogP contribution in [0.15, 0.2) is 41.4 Å². The van der Waals surface area contributed by atoms with Crippen LogP contribution in [0.2, 0.25) is 5.02 Å². The van der Waals surface area contributed by atoms with Gasteiger partial charge in [0.15, 0.2) is 0 Å². The standard InChI is InChI=1S/C17H21ClFN3O2S/c1-21-8-4-5-16(21)17(22-9-2-3-10-22)12-20-25(23,24)13-6-7-15(19)14(18)11-13/h4-8,11,17,20H,2-3,9-10,12H2,1H3. The zero-order chi connectivity index (χ0) is 18.0. The molecule has 0 amide bonds. The molecule has 2 heterocycles. The molecular formula is C17H21ClFN3O2S. The number of nitrogens with zero attached hydrogens (tertiary/aromatic N) is 2. The highest BCUT2D eigenvalue weighted by atomic mass is 35.5. The van der Waals surface area contributed by atoms with Gasteiger partial charge in [-0.25, -0.2) is 17.5 Å². The molecule has 1 saturated heterocycles. The van der Waals surface area contributed by atoms with Gasteiger partial charge in [-0.15, -0.1) is 0 Å². The molecule has 1 aromatic heterocycles. The van der Waals surface area contributed by atoms with Gasteiger partial charge in [0.05, 0.1) is 16.0 Å². The normalized spacial score (nSPS) is 17.1. The molecule has 1 fully saturated rings. The summed E-state index contributed by atoms with van der Waals surface area (Å²) in [6.45, 7) is 2.13. The van der Waals surface area contributed by atoms with Crippen molar-refractivity contribution in [1.82, 2.24) is 14.2 Å². The predicted molar refractivity (Wildman–Crippen MR) is 95.6 cm³/mol. The van der Waals surface area contributed by atoms with E-state index in [0.717, 1.165) is 43.8 Å². The molecule has 5 nitrogen and oxygen atoms in total. The Morgan fingerprint density at radius 3 is 2.60 bits per heavy atom. The molecule has 0 radical (unpaired) electrons. The van der Waals surface area contributed by atoms with E-state index in [1.54, 1.807) is 0 Å². The van der Waals surface area contributed by atoms with Crippen molar-refractivity contribution in [3.63, 3.8) is 0 Å². The van der Waals surface area contributed by atoms with Crippen molar-refractivity contribution >= 4 is 21.6 Å². The summed E-state index contributed by atoms with van der Waals surface area (Å²) in [6, 6.07) is 7.32. The lowest BCUT2D eigenvalue weighted by Gasteiger charge is -2.28. The van der Waals surface area contributed by atoms with Gasteiger partial charge in [-0.1, -0.05) is 11.6 Å². The first-order valence-corrected chi connectivity index (χ1v) is 10.0. The first-order valence-electron chi connectivity index (χ1n) is 8.18. The minimum Gasteiger partial charge on any atom is -0.353 e. The molecule has 1 unspecified atom stereocenters. The van der Waals surface area contributed by atoms with Gasteiger partial charge in [-0.05, 0) is 56.3 Å². The lowest BCUT2D eigenvalue weighted by Crippen LogP contribution is -2.37. The van der Waals surface area contributed by atoms with Crippen molar-refractivity contribution in [1.29, 1.82) is 0 Å². The van der Waals surface area contributed by atoms with Gasteiger partial charge in [-0.2, -0.15) is 0 Å².